The van der Waals surface area contributed by atoms with E-state index in [0.717, 1.165) is 39.0 Å². The molecule has 4 nitrogen and oxygen atoms in total. The number of nitrogens with one attached hydrogen (secondary N) is 1. The number of thiophene rings is 1. The SMILES string of the molecule is COCCNCc1c(C)nc(-c2ccc(Br)s2)nc1C. The van der Waals surface area contributed by atoms with E-state index >= 15 is 0 Å². The maximum Gasteiger partial charge on any atom is 0.169 e. The molecule has 0 saturated heterocycles. The maximum atomic E-state index is 5.02. The molecule has 0 aliphatic heterocycles. The van der Waals surface area contributed by atoms with Gasteiger partial charge in [-0.2, -0.15) is 0 Å². The van der Waals surface area contributed by atoms with Crippen molar-refractivity contribution in [3.63, 3.8) is 0 Å². The largest absolute Gasteiger partial charge is 0.383 e. The summed E-state index contributed by atoms with van der Waals surface area (Å²) in [4.78, 5) is 10.3. The number of aromatic nitrogens is 2. The zero-order chi connectivity index (χ0) is 14.5. The first kappa shape index (κ1) is 15.6. The van der Waals surface area contributed by atoms with Gasteiger partial charge in [-0.3, -0.25) is 0 Å². The minimum Gasteiger partial charge on any atom is -0.383 e. The fraction of sp³-hybridized carbons (Fsp3) is 0.429. The molecule has 2 rings (SSSR count). The number of aryl methyl sites for hydroxylation is 2. The van der Waals surface area contributed by atoms with Gasteiger partial charge in [0.2, 0.25) is 0 Å². The van der Waals surface area contributed by atoms with E-state index in [9.17, 15) is 0 Å². The number of hydrogen-bond donors (Lipinski definition) is 1. The lowest BCUT2D eigenvalue weighted by molar-refractivity contribution is 0.199. The monoisotopic (exact) mass is 355 g/mol. The number of hydrogen-bond acceptors (Lipinski definition) is 5. The summed E-state index contributed by atoms with van der Waals surface area (Å²) in [5.41, 5.74) is 3.23. The second kappa shape index (κ2) is 7.26. The van der Waals surface area contributed by atoms with E-state index in [1.807, 2.05) is 26.0 Å². The van der Waals surface area contributed by atoms with E-state index in [2.05, 4.69) is 31.2 Å². The minimum atomic E-state index is 0.709. The van der Waals surface area contributed by atoms with Gasteiger partial charge in [0.05, 0.1) is 15.3 Å². The highest BCUT2D eigenvalue weighted by Crippen LogP contribution is 2.29. The van der Waals surface area contributed by atoms with Gasteiger partial charge in [-0.1, -0.05) is 0 Å². The number of nitrogens with zero attached hydrogens (tertiary/aromatic N) is 2. The summed E-state index contributed by atoms with van der Waals surface area (Å²) in [7, 11) is 1.70. The molecule has 2 aromatic heterocycles. The Balaban J connectivity index is 2.16. The molecule has 0 aliphatic rings. The van der Waals surface area contributed by atoms with Crippen molar-refractivity contribution in [3.8, 4) is 10.7 Å². The first-order valence-corrected chi connectivity index (χ1v) is 8.02. The third-order valence-electron chi connectivity index (χ3n) is 3.00. The molecule has 0 aliphatic carbocycles. The summed E-state index contributed by atoms with van der Waals surface area (Å²) in [6.45, 7) is 6.38. The molecule has 6 heteroatoms. The van der Waals surface area contributed by atoms with E-state index in [1.54, 1.807) is 18.4 Å². The Morgan fingerprint density at radius 3 is 2.50 bits per heavy atom. The standard InChI is InChI=1S/C14H18BrN3OS/c1-9-11(8-16-6-7-19-3)10(2)18-14(17-9)12-4-5-13(15)20-12/h4-5,16H,6-8H2,1-3H3. The van der Waals surface area contributed by atoms with Crippen LogP contribution < -0.4 is 5.32 Å². The van der Waals surface area contributed by atoms with Gasteiger partial charge in [-0.25, -0.2) is 9.97 Å². The first-order chi connectivity index (χ1) is 9.61. The minimum absolute atomic E-state index is 0.709. The molecule has 0 atom stereocenters. The quantitative estimate of drug-likeness (QED) is 0.807. The third-order valence-corrected chi connectivity index (χ3v) is 4.62. The molecule has 0 saturated carbocycles. The summed E-state index contributed by atoms with van der Waals surface area (Å²) in [6, 6.07) is 4.06. The second-order valence-corrected chi connectivity index (χ2v) is 6.93. The highest BCUT2D eigenvalue weighted by molar-refractivity contribution is 9.11. The van der Waals surface area contributed by atoms with Crippen LogP contribution in [0, 0.1) is 13.8 Å². The van der Waals surface area contributed by atoms with Crippen LogP contribution in [0.2, 0.25) is 0 Å². The van der Waals surface area contributed by atoms with Crippen molar-refractivity contribution < 1.29 is 4.74 Å². The van der Waals surface area contributed by atoms with Crippen LogP contribution in [0.25, 0.3) is 10.7 Å². The highest BCUT2D eigenvalue weighted by Gasteiger charge is 2.11. The maximum absolute atomic E-state index is 5.02. The van der Waals surface area contributed by atoms with Crippen LogP contribution in [0.1, 0.15) is 17.0 Å². The van der Waals surface area contributed by atoms with E-state index in [4.69, 9.17) is 4.74 Å². The summed E-state index contributed by atoms with van der Waals surface area (Å²) in [6.07, 6.45) is 0. The molecule has 108 valence electrons. The van der Waals surface area contributed by atoms with Crippen molar-refractivity contribution in [1.82, 2.24) is 15.3 Å². The van der Waals surface area contributed by atoms with Crippen molar-refractivity contribution in [1.29, 1.82) is 0 Å². The molecule has 2 heterocycles. The molecule has 0 unspecified atom stereocenters. The average Bonchev–Trinajstić information content (AvgIpc) is 2.83. The van der Waals surface area contributed by atoms with E-state index in [1.165, 1.54) is 5.56 Å². The lowest BCUT2D eigenvalue weighted by atomic mass is 10.1. The van der Waals surface area contributed by atoms with E-state index in [0.29, 0.717) is 6.61 Å². The third kappa shape index (κ3) is 3.85. The van der Waals surface area contributed by atoms with Gasteiger partial charge in [0, 0.05) is 37.2 Å². The van der Waals surface area contributed by atoms with Gasteiger partial charge in [-0.15, -0.1) is 11.3 Å². The Bertz CT molecular complexity index is 563. The highest BCUT2D eigenvalue weighted by atomic mass is 79.9. The molecule has 0 aromatic carbocycles. The van der Waals surface area contributed by atoms with Crippen molar-refractivity contribution in [2.75, 3.05) is 20.3 Å². The summed E-state index contributed by atoms with van der Waals surface area (Å²) in [5, 5.41) is 3.34. The number of methoxy groups -OCH3 is 1. The molecular formula is C14H18BrN3OS. The predicted molar refractivity (Wildman–Crippen MR) is 86.1 cm³/mol. The molecule has 1 N–H and O–H groups in total. The molecule has 20 heavy (non-hydrogen) atoms. The molecule has 0 amide bonds. The fourth-order valence-electron chi connectivity index (χ4n) is 1.93. The molecule has 0 spiro atoms. The van der Waals surface area contributed by atoms with Gasteiger partial charge in [0.1, 0.15) is 0 Å². The van der Waals surface area contributed by atoms with Crippen LogP contribution in [-0.4, -0.2) is 30.2 Å². The Morgan fingerprint density at radius 2 is 1.95 bits per heavy atom. The van der Waals surface area contributed by atoms with Crippen LogP contribution in [0.3, 0.4) is 0 Å². The van der Waals surface area contributed by atoms with Gasteiger partial charge < -0.3 is 10.1 Å². The molecule has 0 bridgehead atoms. The summed E-state index contributed by atoms with van der Waals surface area (Å²) in [5.74, 6) is 0.802. The normalized spacial score (nSPS) is 11.0. The summed E-state index contributed by atoms with van der Waals surface area (Å²) < 4.78 is 6.12. The number of ether oxygens (including phenoxy) is 1. The first-order valence-electron chi connectivity index (χ1n) is 6.41. The zero-order valence-corrected chi connectivity index (χ0v) is 14.3. The van der Waals surface area contributed by atoms with Gasteiger partial charge in [-0.05, 0) is 41.9 Å². The number of halogens is 1. The van der Waals surface area contributed by atoms with Gasteiger partial charge in [0.25, 0.3) is 0 Å². The Hall–Kier alpha value is -0.820. The van der Waals surface area contributed by atoms with Crippen LogP contribution >= 0.6 is 27.3 Å². The zero-order valence-electron chi connectivity index (χ0n) is 11.9. The molecule has 0 fully saturated rings. The van der Waals surface area contributed by atoms with Crippen LogP contribution in [0.5, 0.6) is 0 Å². The van der Waals surface area contributed by atoms with Crippen molar-refractivity contribution >= 4 is 27.3 Å². The van der Waals surface area contributed by atoms with Crippen molar-refractivity contribution in [2.24, 2.45) is 0 Å². The summed E-state index contributed by atoms with van der Waals surface area (Å²) >= 11 is 5.12. The lowest BCUT2D eigenvalue weighted by Gasteiger charge is -2.11. The van der Waals surface area contributed by atoms with Gasteiger partial charge in [0.15, 0.2) is 5.82 Å². The number of rotatable bonds is 6. The smallest absolute Gasteiger partial charge is 0.169 e. The van der Waals surface area contributed by atoms with E-state index < -0.39 is 0 Å². The Morgan fingerprint density at radius 1 is 1.25 bits per heavy atom. The van der Waals surface area contributed by atoms with E-state index in [-0.39, 0.29) is 0 Å². The predicted octanol–water partition coefficient (Wildman–Crippen LogP) is 3.32. The lowest BCUT2D eigenvalue weighted by Crippen LogP contribution is -2.20. The Labute approximate surface area is 131 Å². The molecule has 2 aromatic rings. The fourth-order valence-corrected chi connectivity index (χ4v) is 3.25. The molecule has 0 radical (unpaired) electrons. The van der Waals surface area contributed by atoms with Crippen LogP contribution in [0.4, 0.5) is 0 Å². The topological polar surface area (TPSA) is 47.0 Å². The van der Waals surface area contributed by atoms with Gasteiger partial charge >= 0.3 is 0 Å². The average molecular weight is 356 g/mol. The van der Waals surface area contributed by atoms with Crippen LogP contribution in [0.15, 0.2) is 15.9 Å². The van der Waals surface area contributed by atoms with Crippen LogP contribution in [-0.2, 0) is 11.3 Å². The second-order valence-electron chi connectivity index (χ2n) is 4.47. The Kier molecular flexibility index (Phi) is 5.65. The van der Waals surface area contributed by atoms with Crippen molar-refractivity contribution in [3.05, 3.63) is 32.9 Å². The molecular weight excluding hydrogens is 338 g/mol. The van der Waals surface area contributed by atoms with Crippen molar-refractivity contribution in [2.45, 2.75) is 20.4 Å².